The van der Waals surface area contributed by atoms with E-state index in [-0.39, 0.29) is 12.5 Å². The highest BCUT2D eigenvalue weighted by molar-refractivity contribution is 5.77. The molecule has 0 spiro atoms. The molecule has 1 N–H and O–H groups in total. The zero-order valence-electron chi connectivity index (χ0n) is 13.2. The zero-order valence-corrected chi connectivity index (χ0v) is 13.2. The summed E-state index contributed by atoms with van der Waals surface area (Å²) >= 11 is 0. The summed E-state index contributed by atoms with van der Waals surface area (Å²) < 4.78 is 10.8. The van der Waals surface area contributed by atoms with E-state index in [1.165, 1.54) is 0 Å². The van der Waals surface area contributed by atoms with Gasteiger partial charge < -0.3 is 14.6 Å². The molecule has 0 aliphatic rings. The van der Waals surface area contributed by atoms with Crippen LogP contribution in [-0.2, 0) is 11.3 Å². The van der Waals surface area contributed by atoms with E-state index >= 15 is 0 Å². The van der Waals surface area contributed by atoms with Crippen LogP contribution in [0, 0.1) is 6.92 Å². The average molecular weight is 323 g/mol. The van der Waals surface area contributed by atoms with Gasteiger partial charge in [0.05, 0.1) is 5.56 Å². The minimum Gasteiger partial charge on any atom is -0.483 e. The number of nitrogens with zero attached hydrogens (tertiary/aromatic N) is 2. The number of hydrogen-bond acceptors (Lipinski definition) is 5. The number of hydrogen-bond donors (Lipinski definition) is 1. The number of ether oxygens (including phenoxy) is 1. The lowest BCUT2D eigenvalue weighted by Gasteiger charge is -2.09. The van der Waals surface area contributed by atoms with E-state index in [1.54, 1.807) is 13.0 Å². The minimum absolute atomic E-state index is 0.0863. The van der Waals surface area contributed by atoms with Gasteiger partial charge in [0.15, 0.2) is 12.4 Å². The molecular weight excluding hydrogens is 306 g/mol. The first-order valence-electron chi connectivity index (χ1n) is 7.55. The maximum absolute atomic E-state index is 12.0. The Morgan fingerprint density at radius 2 is 1.88 bits per heavy atom. The number of benzene rings is 2. The molecule has 3 rings (SSSR count). The second-order valence-corrected chi connectivity index (χ2v) is 5.19. The molecule has 122 valence electrons. The van der Waals surface area contributed by atoms with Crippen molar-refractivity contribution >= 4 is 5.91 Å². The Kier molecular flexibility index (Phi) is 4.86. The van der Waals surface area contributed by atoms with Crippen LogP contribution < -0.4 is 10.1 Å². The molecule has 2 aromatic carbocycles. The van der Waals surface area contributed by atoms with E-state index in [0.29, 0.717) is 29.6 Å². The quantitative estimate of drug-likeness (QED) is 0.755. The number of amides is 1. The summed E-state index contributed by atoms with van der Waals surface area (Å²) in [5, 5.41) is 6.59. The fourth-order valence-corrected chi connectivity index (χ4v) is 2.17. The van der Waals surface area contributed by atoms with Crippen molar-refractivity contribution in [1.82, 2.24) is 15.5 Å². The summed E-state index contributed by atoms with van der Waals surface area (Å²) in [5.74, 6) is 1.24. The molecule has 0 aliphatic carbocycles. The van der Waals surface area contributed by atoms with Gasteiger partial charge in [-0.15, -0.1) is 0 Å². The predicted octanol–water partition coefficient (Wildman–Crippen LogP) is 2.74. The van der Waals surface area contributed by atoms with Crippen LogP contribution in [0.25, 0.3) is 11.5 Å². The number of carbonyl (C=O) groups is 1. The second kappa shape index (κ2) is 7.41. The summed E-state index contributed by atoms with van der Waals surface area (Å²) in [4.78, 5) is 16.1. The lowest BCUT2D eigenvalue weighted by molar-refractivity contribution is -0.123. The normalized spacial score (nSPS) is 10.4. The van der Waals surface area contributed by atoms with Crippen LogP contribution in [0.3, 0.4) is 0 Å². The molecule has 1 heterocycles. The Morgan fingerprint density at radius 3 is 2.62 bits per heavy atom. The van der Waals surface area contributed by atoms with Crippen LogP contribution in [0.1, 0.15) is 11.4 Å². The van der Waals surface area contributed by atoms with Gasteiger partial charge >= 0.3 is 0 Å². The highest BCUT2D eigenvalue weighted by Gasteiger charge is 2.13. The molecule has 24 heavy (non-hydrogen) atoms. The average Bonchev–Trinajstić information content (AvgIpc) is 3.05. The highest BCUT2D eigenvalue weighted by atomic mass is 16.5. The smallest absolute Gasteiger partial charge is 0.261 e. The third kappa shape index (κ3) is 3.98. The molecule has 0 aliphatic heterocycles. The standard InChI is InChI=1S/C18H17N3O3/c1-13-20-18(24-21-13)15-9-5-6-10-16(15)23-12-17(22)19-11-14-7-3-2-4-8-14/h2-10H,11-12H2,1H3,(H,19,22). The fourth-order valence-electron chi connectivity index (χ4n) is 2.17. The number of carbonyl (C=O) groups excluding carboxylic acids is 1. The summed E-state index contributed by atoms with van der Waals surface area (Å²) in [5.41, 5.74) is 1.70. The molecular formula is C18H17N3O3. The van der Waals surface area contributed by atoms with Crippen molar-refractivity contribution in [2.24, 2.45) is 0 Å². The maximum atomic E-state index is 12.0. The SMILES string of the molecule is Cc1noc(-c2ccccc2OCC(=O)NCc2ccccc2)n1. The molecule has 0 saturated carbocycles. The summed E-state index contributed by atoms with van der Waals surface area (Å²) in [7, 11) is 0. The summed E-state index contributed by atoms with van der Waals surface area (Å²) in [6, 6.07) is 16.9. The zero-order chi connectivity index (χ0) is 16.8. The van der Waals surface area contributed by atoms with Crippen LogP contribution in [-0.4, -0.2) is 22.7 Å². The van der Waals surface area contributed by atoms with E-state index in [4.69, 9.17) is 9.26 Å². The van der Waals surface area contributed by atoms with Gasteiger partial charge in [-0.25, -0.2) is 0 Å². The van der Waals surface area contributed by atoms with Crippen molar-refractivity contribution in [3.8, 4) is 17.2 Å². The molecule has 0 atom stereocenters. The minimum atomic E-state index is -0.199. The third-order valence-electron chi connectivity index (χ3n) is 3.34. The lowest BCUT2D eigenvalue weighted by Crippen LogP contribution is -2.28. The Balaban J connectivity index is 1.59. The molecule has 3 aromatic rings. The molecule has 0 unspecified atom stereocenters. The predicted molar refractivity (Wildman–Crippen MR) is 88.3 cm³/mol. The topological polar surface area (TPSA) is 77.2 Å². The highest BCUT2D eigenvalue weighted by Crippen LogP contribution is 2.28. The van der Waals surface area contributed by atoms with Crippen LogP contribution in [0.4, 0.5) is 0 Å². The van der Waals surface area contributed by atoms with E-state index in [1.807, 2.05) is 48.5 Å². The van der Waals surface area contributed by atoms with Gasteiger partial charge in [-0.05, 0) is 24.6 Å². The Morgan fingerprint density at radius 1 is 1.12 bits per heavy atom. The van der Waals surface area contributed by atoms with E-state index in [9.17, 15) is 4.79 Å². The van der Waals surface area contributed by atoms with Crippen LogP contribution in [0.15, 0.2) is 59.1 Å². The molecule has 1 aromatic heterocycles. The van der Waals surface area contributed by atoms with Gasteiger partial charge in [-0.3, -0.25) is 4.79 Å². The van der Waals surface area contributed by atoms with Crippen LogP contribution in [0.2, 0.25) is 0 Å². The number of nitrogens with one attached hydrogen (secondary N) is 1. The van der Waals surface area contributed by atoms with Crippen molar-refractivity contribution in [2.75, 3.05) is 6.61 Å². The van der Waals surface area contributed by atoms with E-state index < -0.39 is 0 Å². The second-order valence-electron chi connectivity index (χ2n) is 5.19. The van der Waals surface area contributed by atoms with E-state index in [2.05, 4.69) is 15.5 Å². The van der Waals surface area contributed by atoms with Gasteiger partial charge in [0.25, 0.3) is 11.8 Å². The van der Waals surface area contributed by atoms with Gasteiger partial charge in [-0.2, -0.15) is 4.98 Å². The first kappa shape index (κ1) is 15.7. The molecule has 0 radical (unpaired) electrons. The number of aromatic nitrogens is 2. The first-order valence-corrected chi connectivity index (χ1v) is 7.55. The number of aryl methyl sites for hydroxylation is 1. The molecule has 0 fully saturated rings. The lowest BCUT2D eigenvalue weighted by atomic mass is 10.2. The van der Waals surface area contributed by atoms with Crippen molar-refractivity contribution in [2.45, 2.75) is 13.5 Å². The van der Waals surface area contributed by atoms with Gasteiger partial charge in [-0.1, -0.05) is 47.6 Å². The first-order chi connectivity index (χ1) is 11.7. The Labute approximate surface area is 139 Å². The fraction of sp³-hybridized carbons (Fsp3) is 0.167. The Bertz CT molecular complexity index is 815. The number of para-hydroxylation sites is 1. The van der Waals surface area contributed by atoms with Gasteiger partial charge in [0, 0.05) is 6.54 Å². The van der Waals surface area contributed by atoms with Gasteiger partial charge in [0.1, 0.15) is 5.75 Å². The monoisotopic (exact) mass is 323 g/mol. The Hall–Kier alpha value is -3.15. The third-order valence-corrected chi connectivity index (χ3v) is 3.34. The molecule has 1 amide bonds. The molecule has 6 heteroatoms. The number of rotatable bonds is 6. The van der Waals surface area contributed by atoms with Crippen molar-refractivity contribution in [3.05, 3.63) is 66.0 Å². The van der Waals surface area contributed by atoms with Crippen molar-refractivity contribution < 1.29 is 14.1 Å². The summed E-state index contributed by atoms with van der Waals surface area (Å²) in [6.07, 6.45) is 0. The van der Waals surface area contributed by atoms with Crippen molar-refractivity contribution in [3.63, 3.8) is 0 Å². The van der Waals surface area contributed by atoms with Crippen LogP contribution >= 0.6 is 0 Å². The van der Waals surface area contributed by atoms with Crippen molar-refractivity contribution in [1.29, 1.82) is 0 Å². The molecule has 0 bridgehead atoms. The van der Waals surface area contributed by atoms with E-state index in [0.717, 1.165) is 5.56 Å². The maximum Gasteiger partial charge on any atom is 0.261 e. The largest absolute Gasteiger partial charge is 0.483 e. The van der Waals surface area contributed by atoms with Gasteiger partial charge in [0.2, 0.25) is 0 Å². The summed E-state index contributed by atoms with van der Waals surface area (Å²) in [6.45, 7) is 2.12. The molecule has 6 nitrogen and oxygen atoms in total. The molecule has 0 saturated heterocycles. The van der Waals surface area contributed by atoms with Crippen LogP contribution in [0.5, 0.6) is 5.75 Å².